The highest BCUT2D eigenvalue weighted by atomic mass is 16.5. The van der Waals surface area contributed by atoms with Crippen LogP contribution in [0.2, 0.25) is 0 Å². The molecule has 1 amide bonds. The minimum absolute atomic E-state index is 0.238. The number of benzene rings is 3. The molecular weight excluding hydrogens is 404 g/mol. The number of carbonyl (C=O) groups excluding carboxylic acids is 1. The lowest BCUT2D eigenvalue weighted by molar-refractivity contribution is 0.102. The first-order chi connectivity index (χ1) is 15.6. The van der Waals surface area contributed by atoms with Crippen LogP contribution in [0.1, 0.15) is 17.3 Å². The standard InChI is InChI=1S/C26H24N2O4/c1-4-32-23-12-8-7-11-21(23)28-26(29)19-16-22(27-20-10-6-5-9-18(19)20)17-13-14-24(30-2)25(15-17)31-3/h5-16H,4H2,1-3H3,(H,28,29). The first kappa shape index (κ1) is 21.2. The van der Waals surface area contributed by atoms with Gasteiger partial charge in [0, 0.05) is 10.9 Å². The molecule has 6 heteroatoms. The van der Waals surface area contributed by atoms with Gasteiger partial charge in [0.15, 0.2) is 11.5 Å². The van der Waals surface area contributed by atoms with Crippen molar-refractivity contribution in [1.29, 1.82) is 0 Å². The van der Waals surface area contributed by atoms with Crippen molar-refractivity contribution in [2.75, 3.05) is 26.1 Å². The van der Waals surface area contributed by atoms with E-state index in [4.69, 9.17) is 19.2 Å². The molecule has 0 atom stereocenters. The van der Waals surface area contributed by atoms with Gasteiger partial charge in [0.1, 0.15) is 5.75 Å². The first-order valence-electron chi connectivity index (χ1n) is 10.3. The molecule has 0 fully saturated rings. The van der Waals surface area contributed by atoms with Crippen molar-refractivity contribution >= 4 is 22.5 Å². The summed E-state index contributed by atoms with van der Waals surface area (Å²) < 4.78 is 16.4. The van der Waals surface area contributed by atoms with Gasteiger partial charge in [-0.25, -0.2) is 4.98 Å². The smallest absolute Gasteiger partial charge is 0.256 e. The predicted molar refractivity (Wildman–Crippen MR) is 126 cm³/mol. The van der Waals surface area contributed by atoms with Crippen molar-refractivity contribution in [3.8, 4) is 28.5 Å². The number of ether oxygens (including phenoxy) is 3. The van der Waals surface area contributed by atoms with E-state index in [1.54, 1.807) is 20.3 Å². The molecule has 6 nitrogen and oxygen atoms in total. The molecule has 0 spiro atoms. The lowest BCUT2D eigenvalue weighted by Crippen LogP contribution is -2.14. The molecule has 0 aliphatic carbocycles. The zero-order valence-corrected chi connectivity index (χ0v) is 18.2. The molecule has 0 aliphatic rings. The average Bonchev–Trinajstić information content (AvgIpc) is 2.84. The fourth-order valence-electron chi connectivity index (χ4n) is 3.55. The Hall–Kier alpha value is -4.06. The lowest BCUT2D eigenvalue weighted by Gasteiger charge is -2.14. The lowest BCUT2D eigenvalue weighted by atomic mass is 10.0. The van der Waals surface area contributed by atoms with Gasteiger partial charge in [-0.1, -0.05) is 30.3 Å². The number of nitrogens with zero attached hydrogens (tertiary/aromatic N) is 1. The van der Waals surface area contributed by atoms with E-state index in [-0.39, 0.29) is 5.91 Å². The van der Waals surface area contributed by atoms with Gasteiger partial charge in [-0.15, -0.1) is 0 Å². The Balaban J connectivity index is 1.79. The molecule has 3 aromatic carbocycles. The predicted octanol–water partition coefficient (Wildman–Crippen LogP) is 5.57. The highest BCUT2D eigenvalue weighted by molar-refractivity contribution is 6.13. The molecular formula is C26H24N2O4. The third kappa shape index (κ3) is 4.21. The Morgan fingerprint density at radius 3 is 2.41 bits per heavy atom. The second-order valence-corrected chi connectivity index (χ2v) is 7.03. The summed E-state index contributed by atoms with van der Waals surface area (Å²) in [6.07, 6.45) is 0. The molecule has 0 bridgehead atoms. The minimum atomic E-state index is -0.238. The van der Waals surface area contributed by atoms with E-state index >= 15 is 0 Å². The van der Waals surface area contributed by atoms with E-state index in [9.17, 15) is 4.79 Å². The van der Waals surface area contributed by atoms with Gasteiger partial charge in [0.25, 0.3) is 5.91 Å². The van der Waals surface area contributed by atoms with Gasteiger partial charge >= 0.3 is 0 Å². The fraction of sp³-hybridized carbons (Fsp3) is 0.154. The van der Waals surface area contributed by atoms with Crippen LogP contribution in [0.15, 0.2) is 72.8 Å². The van der Waals surface area contributed by atoms with Crippen LogP contribution in [0.25, 0.3) is 22.2 Å². The van der Waals surface area contributed by atoms with Crippen molar-refractivity contribution in [3.63, 3.8) is 0 Å². The summed E-state index contributed by atoms with van der Waals surface area (Å²) >= 11 is 0. The molecule has 32 heavy (non-hydrogen) atoms. The SMILES string of the molecule is CCOc1ccccc1NC(=O)c1cc(-c2ccc(OC)c(OC)c2)nc2ccccc12. The number of carbonyl (C=O) groups is 1. The van der Waals surface area contributed by atoms with Gasteiger partial charge in [0.05, 0.1) is 43.3 Å². The molecule has 0 aliphatic heterocycles. The van der Waals surface area contributed by atoms with E-state index in [1.807, 2.05) is 73.7 Å². The van der Waals surface area contributed by atoms with E-state index in [1.165, 1.54) is 0 Å². The van der Waals surface area contributed by atoms with E-state index < -0.39 is 0 Å². The van der Waals surface area contributed by atoms with Crippen LogP contribution in [0, 0.1) is 0 Å². The highest BCUT2D eigenvalue weighted by Crippen LogP contribution is 2.33. The number of para-hydroxylation sites is 3. The number of fused-ring (bicyclic) bond motifs is 1. The normalized spacial score (nSPS) is 10.6. The van der Waals surface area contributed by atoms with Crippen molar-refractivity contribution in [2.24, 2.45) is 0 Å². The number of rotatable bonds is 7. The molecule has 4 aromatic rings. The second kappa shape index (κ2) is 9.39. The topological polar surface area (TPSA) is 69.7 Å². The average molecular weight is 428 g/mol. The van der Waals surface area contributed by atoms with Gasteiger partial charge in [0.2, 0.25) is 0 Å². The summed E-state index contributed by atoms with van der Waals surface area (Å²) in [5.41, 5.74) is 3.34. The number of amides is 1. The largest absolute Gasteiger partial charge is 0.493 e. The Labute approximate surface area is 186 Å². The van der Waals surface area contributed by atoms with Gasteiger partial charge in [-0.05, 0) is 49.4 Å². The first-order valence-corrected chi connectivity index (χ1v) is 10.3. The third-order valence-corrected chi connectivity index (χ3v) is 5.08. The van der Waals surface area contributed by atoms with Gasteiger partial charge in [-0.3, -0.25) is 4.79 Å². The number of anilines is 1. The Bertz CT molecular complexity index is 1270. The monoisotopic (exact) mass is 428 g/mol. The molecule has 4 rings (SSSR count). The molecule has 0 saturated carbocycles. The Morgan fingerprint density at radius 1 is 0.875 bits per heavy atom. The molecule has 0 saturated heterocycles. The minimum Gasteiger partial charge on any atom is -0.493 e. The molecule has 1 aromatic heterocycles. The molecule has 1 heterocycles. The van der Waals surface area contributed by atoms with Crippen LogP contribution in [0.4, 0.5) is 5.69 Å². The molecule has 1 N–H and O–H groups in total. The van der Waals surface area contributed by atoms with Crippen LogP contribution in [-0.2, 0) is 0 Å². The van der Waals surface area contributed by atoms with Crippen LogP contribution in [0.5, 0.6) is 17.2 Å². The summed E-state index contributed by atoms with van der Waals surface area (Å²) in [7, 11) is 3.18. The Morgan fingerprint density at radius 2 is 1.62 bits per heavy atom. The van der Waals surface area contributed by atoms with Gasteiger partial charge < -0.3 is 19.5 Å². The zero-order chi connectivity index (χ0) is 22.5. The summed E-state index contributed by atoms with van der Waals surface area (Å²) in [5, 5.41) is 3.75. The maximum absolute atomic E-state index is 13.4. The van der Waals surface area contributed by atoms with E-state index in [0.29, 0.717) is 40.8 Å². The Kier molecular flexibility index (Phi) is 6.22. The summed E-state index contributed by atoms with van der Waals surface area (Å²) in [6.45, 7) is 2.42. The summed E-state index contributed by atoms with van der Waals surface area (Å²) in [4.78, 5) is 18.1. The second-order valence-electron chi connectivity index (χ2n) is 7.03. The fourth-order valence-corrected chi connectivity index (χ4v) is 3.55. The van der Waals surface area contributed by atoms with E-state index in [2.05, 4.69) is 5.32 Å². The molecule has 162 valence electrons. The van der Waals surface area contributed by atoms with Crippen LogP contribution in [-0.4, -0.2) is 31.7 Å². The van der Waals surface area contributed by atoms with Crippen molar-refractivity contribution in [2.45, 2.75) is 6.92 Å². The number of hydrogen-bond acceptors (Lipinski definition) is 5. The summed E-state index contributed by atoms with van der Waals surface area (Å²) in [5.74, 6) is 1.61. The highest BCUT2D eigenvalue weighted by Gasteiger charge is 2.16. The maximum Gasteiger partial charge on any atom is 0.256 e. The summed E-state index contributed by atoms with van der Waals surface area (Å²) in [6, 6.07) is 22.3. The van der Waals surface area contributed by atoms with E-state index in [0.717, 1.165) is 16.5 Å². The molecule has 0 unspecified atom stereocenters. The number of nitrogens with one attached hydrogen (secondary N) is 1. The number of pyridine rings is 1. The van der Waals surface area contributed by atoms with Crippen molar-refractivity contribution in [3.05, 3.63) is 78.4 Å². The zero-order valence-electron chi connectivity index (χ0n) is 18.2. The van der Waals surface area contributed by atoms with Gasteiger partial charge in [-0.2, -0.15) is 0 Å². The van der Waals surface area contributed by atoms with Crippen LogP contribution >= 0.6 is 0 Å². The maximum atomic E-state index is 13.4. The van der Waals surface area contributed by atoms with Crippen molar-refractivity contribution < 1.29 is 19.0 Å². The molecule has 0 radical (unpaired) electrons. The van der Waals surface area contributed by atoms with Crippen molar-refractivity contribution in [1.82, 2.24) is 4.98 Å². The third-order valence-electron chi connectivity index (χ3n) is 5.08. The van der Waals surface area contributed by atoms with Crippen LogP contribution in [0.3, 0.4) is 0 Å². The number of hydrogen-bond donors (Lipinski definition) is 1. The number of methoxy groups -OCH3 is 2. The van der Waals surface area contributed by atoms with Crippen LogP contribution < -0.4 is 19.5 Å². The number of aromatic nitrogens is 1. The quantitative estimate of drug-likeness (QED) is 0.417.